The van der Waals surface area contributed by atoms with Gasteiger partial charge in [-0.1, -0.05) is 0 Å². The molecule has 1 aromatic carbocycles. The van der Waals surface area contributed by atoms with E-state index in [0.29, 0.717) is 12.1 Å². The van der Waals surface area contributed by atoms with Crippen LogP contribution in [0.2, 0.25) is 0 Å². The smallest absolute Gasteiger partial charge is 0.319 e. The molecule has 1 aliphatic rings. The molecule has 0 heterocycles. The SMILES string of the molecule is CC(C)(C)NS(=O)(=O)c1cc(NC(=O)C2(C(=O)O)CC2)c(F)cc1F. The lowest BCUT2D eigenvalue weighted by Crippen LogP contribution is -2.40. The van der Waals surface area contributed by atoms with Crippen molar-refractivity contribution in [2.45, 2.75) is 44.0 Å². The zero-order valence-electron chi connectivity index (χ0n) is 13.8. The van der Waals surface area contributed by atoms with E-state index in [1.807, 2.05) is 5.32 Å². The summed E-state index contributed by atoms with van der Waals surface area (Å²) in [5.74, 6) is -4.86. The van der Waals surface area contributed by atoms with E-state index in [2.05, 4.69) is 4.72 Å². The first kappa shape index (κ1) is 19.3. The number of carboxylic acid groups (broad SMARTS) is 1. The van der Waals surface area contributed by atoms with Crippen molar-refractivity contribution in [1.82, 2.24) is 4.72 Å². The zero-order chi connectivity index (χ0) is 19.2. The number of benzene rings is 1. The Morgan fingerprint density at radius 2 is 1.72 bits per heavy atom. The van der Waals surface area contributed by atoms with Gasteiger partial charge in [0.2, 0.25) is 15.9 Å². The molecule has 25 heavy (non-hydrogen) atoms. The zero-order valence-corrected chi connectivity index (χ0v) is 14.6. The lowest BCUT2D eigenvalue weighted by atomic mass is 10.1. The Labute approximate surface area is 143 Å². The van der Waals surface area contributed by atoms with Gasteiger partial charge in [-0.25, -0.2) is 21.9 Å². The average Bonchev–Trinajstić information content (AvgIpc) is 3.20. The van der Waals surface area contributed by atoms with Crippen molar-refractivity contribution in [3.8, 4) is 0 Å². The van der Waals surface area contributed by atoms with Gasteiger partial charge in [-0.2, -0.15) is 0 Å². The minimum absolute atomic E-state index is 0.0910. The fourth-order valence-corrected chi connectivity index (χ4v) is 3.70. The molecule has 3 N–H and O–H groups in total. The summed E-state index contributed by atoms with van der Waals surface area (Å²) in [5.41, 5.74) is -3.17. The Kier molecular flexibility index (Phi) is 4.64. The van der Waals surface area contributed by atoms with Crippen LogP contribution in [0.25, 0.3) is 0 Å². The summed E-state index contributed by atoms with van der Waals surface area (Å²) in [4.78, 5) is 22.3. The van der Waals surface area contributed by atoms with E-state index < -0.39 is 55.1 Å². The van der Waals surface area contributed by atoms with Gasteiger partial charge in [0, 0.05) is 11.6 Å². The number of sulfonamides is 1. The lowest BCUT2D eigenvalue weighted by molar-refractivity contribution is -0.147. The van der Waals surface area contributed by atoms with Crippen LogP contribution < -0.4 is 10.0 Å². The van der Waals surface area contributed by atoms with Gasteiger partial charge in [-0.15, -0.1) is 0 Å². The lowest BCUT2D eigenvalue weighted by Gasteiger charge is -2.21. The number of hydrogen-bond acceptors (Lipinski definition) is 4. The molecule has 1 amide bonds. The molecular formula is C15H18F2N2O5S. The molecule has 138 valence electrons. The fourth-order valence-electron chi connectivity index (χ4n) is 2.19. The van der Waals surface area contributed by atoms with Gasteiger partial charge in [-0.05, 0) is 39.7 Å². The average molecular weight is 376 g/mol. The third-order valence-corrected chi connectivity index (χ3v) is 5.37. The molecule has 0 bridgehead atoms. The highest BCUT2D eigenvalue weighted by atomic mass is 32.2. The molecule has 2 rings (SSSR count). The normalized spacial score (nSPS) is 16.4. The van der Waals surface area contributed by atoms with Crippen molar-refractivity contribution in [1.29, 1.82) is 0 Å². The summed E-state index contributed by atoms with van der Waals surface area (Å²) in [6.45, 7) is 4.62. The summed E-state index contributed by atoms with van der Waals surface area (Å²) in [6.07, 6.45) is 0.182. The monoisotopic (exact) mass is 376 g/mol. The highest BCUT2D eigenvalue weighted by Crippen LogP contribution is 2.47. The topological polar surface area (TPSA) is 113 Å². The molecule has 0 radical (unpaired) electrons. The van der Waals surface area contributed by atoms with Crippen LogP contribution in [0.4, 0.5) is 14.5 Å². The maximum Gasteiger partial charge on any atom is 0.319 e. The molecule has 1 fully saturated rings. The van der Waals surface area contributed by atoms with Gasteiger partial charge in [-0.3, -0.25) is 9.59 Å². The van der Waals surface area contributed by atoms with Crippen LogP contribution in [0.1, 0.15) is 33.6 Å². The number of hydrogen-bond donors (Lipinski definition) is 3. The van der Waals surface area contributed by atoms with E-state index in [4.69, 9.17) is 5.11 Å². The van der Waals surface area contributed by atoms with Gasteiger partial charge < -0.3 is 10.4 Å². The first-order valence-electron chi connectivity index (χ1n) is 7.36. The molecular weight excluding hydrogens is 358 g/mol. The van der Waals surface area contributed by atoms with Crippen LogP contribution in [0.3, 0.4) is 0 Å². The third kappa shape index (κ3) is 3.96. The largest absolute Gasteiger partial charge is 0.480 e. The maximum atomic E-state index is 13.9. The van der Waals surface area contributed by atoms with E-state index >= 15 is 0 Å². The fraction of sp³-hybridized carbons (Fsp3) is 0.467. The van der Waals surface area contributed by atoms with Crippen LogP contribution in [0.15, 0.2) is 17.0 Å². The van der Waals surface area contributed by atoms with Crippen molar-refractivity contribution >= 4 is 27.6 Å². The predicted molar refractivity (Wildman–Crippen MR) is 84.4 cm³/mol. The number of nitrogens with one attached hydrogen (secondary N) is 2. The van der Waals surface area contributed by atoms with Crippen LogP contribution in [0.5, 0.6) is 0 Å². The summed E-state index contributed by atoms with van der Waals surface area (Å²) in [7, 11) is -4.32. The molecule has 7 nitrogen and oxygen atoms in total. The Morgan fingerprint density at radius 3 is 2.16 bits per heavy atom. The highest BCUT2D eigenvalue weighted by Gasteiger charge is 2.57. The molecule has 0 atom stereocenters. The molecule has 0 spiro atoms. The molecule has 0 saturated heterocycles. The van der Waals surface area contributed by atoms with Crippen molar-refractivity contribution in [3.63, 3.8) is 0 Å². The first-order valence-corrected chi connectivity index (χ1v) is 8.85. The highest BCUT2D eigenvalue weighted by molar-refractivity contribution is 7.89. The summed E-state index contributed by atoms with van der Waals surface area (Å²) in [6, 6.07) is 0.960. The van der Waals surface area contributed by atoms with Crippen molar-refractivity contribution in [2.75, 3.05) is 5.32 Å². The van der Waals surface area contributed by atoms with Gasteiger partial charge in [0.15, 0.2) is 0 Å². The van der Waals surface area contributed by atoms with E-state index in [1.54, 1.807) is 20.8 Å². The number of anilines is 1. The van der Waals surface area contributed by atoms with E-state index in [1.165, 1.54) is 0 Å². The predicted octanol–water partition coefficient (Wildman–Crippen LogP) is 1.84. The number of halogens is 2. The molecule has 0 aromatic heterocycles. The third-order valence-electron chi connectivity index (χ3n) is 3.59. The minimum atomic E-state index is -4.32. The molecule has 0 unspecified atom stereocenters. The Hall–Kier alpha value is -2.07. The first-order chi connectivity index (χ1) is 11.3. The van der Waals surface area contributed by atoms with Crippen LogP contribution in [0, 0.1) is 17.0 Å². The number of carboxylic acids is 1. The number of amides is 1. The van der Waals surface area contributed by atoms with E-state index in [9.17, 15) is 26.8 Å². The quantitative estimate of drug-likeness (QED) is 0.679. The minimum Gasteiger partial charge on any atom is -0.480 e. The molecule has 0 aliphatic heterocycles. The van der Waals surface area contributed by atoms with Crippen molar-refractivity contribution in [2.24, 2.45) is 5.41 Å². The number of rotatable bonds is 5. The standard InChI is InChI=1S/C15H18F2N2O5S/c1-14(2,3)19-25(23,24)11-7-10(8(16)6-9(11)17)18-12(20)15(4-5-15)13(21)22/h6-7,19H,4-5H2,1-3H3,(H,18,20)(H,21,22). The molecule has 1 saturated carbocycles. The van der Waals surface area contributed by atoms with Crippen LogP contribution in [-0.2, 0) is 19.6 Å². The number of carbonyl (C=O) groups excluding carboxylic acids is 1. The summed E-state index contributed by atoms with van der Waals surface area (Å²) >= 11 is 0. The van der Waals surface area contributed by atoms with E-state index in [-0.39, 0.29) is 12.8 Å². The molecule has 1 aliphatic carbocycles. The summed E-state index contributed by atoms with van der Waals surface area (Å²) < 4.78 is 54.6. The number of carbonyl (C=O) groups is 2. The van der Waals surface area contributed by atoms with E-state index in [0.717, 1.165) is 0 Å². The van der Waals surface area contributed by atoms with Crippen molar-refractivity contribution in [3.05, 3.63) is 23.8 Å². The van der Waals surface area contributed by atoms with Crippen LogP contribution in [-0.4, -0.2) is 30.9 Å². The van der Waals surface area contributed by atoms with Gasteiger partial charge in [0.1, 0.15) is 21.9 Å². The number of aliphatic carboxylic acids is 1. The second-order valence-electron chi connectivity index (χ2n) is 6.96. The molecule has 1 aromatic rings. The Morgan fingerprint density at radius 1 is 1.16 bits per heavy atom. The van der Waals surface area contributed by atoms with Gasteiger partial charge >= 0.3 is 5.97 Å². The van der Waals surface area contributed by atoms with Crippen LogP contribution >= 0.6 is 0 Å². The second kappa shape index (κ2) is 6.03. The molecule has 10 heteroatoms. The summed E-state index contributed by atoms with van der Waals surface area (Å²) in [5, 5.41) is 11.1. The van der Waals surface area contributed by atoms with Gasteiger partial charge in [0.05, 0.1) is 5.69 Å². The Bertz CT molecular complexity index is 842. The van der Waals surface area contributed by atoms with Gasteiger partial charge in [0.25, 0.3) is 0 Å². The van der Waals surface area contributed by atoms with Crippen molar-refractivity contribution < 1.29 is 31.9 Å². The Balaban J connectivity index is 2.39. The second-order valence-corrected chi connectivity index (χ2v) is 8.61. The maximum absolute atomic E-state index is 13.9.